The molecule has 0 saturated heterocycles. The highest BCUT2D eigenvalue weighted by atomic mass is 14.6. The van der Waals surface area contributed by atoms with Crippen LogP contribution in [0.5, 0.6) is 0 Å². The van der Waals surface area contributed by atoms with Gasteiger partial charge in [-0.05, 0) is 104 Å². The molecule has 0 radical (unpaired) electrons. The fraction of sp³-hybridized carbons (Fsp3) is 0.600. The Kier molecular flexibility index (Phi) is 8.16. The third-order valence-electron chi connectivity index (χ3n) is 8.52. The Hall–Kier alpha value is -1.96. The van der Waals surface area contributed by atoms with Crippen molar-refractivity contribution in [3.63, 3.8) is 0 Å². The normalized spacial score (nSPS) is 26.2. The molecule has 2 nitrogen and oxygen atoms in total. The zero-order valence-corrected chi connectivity index (χ0v) is 20.2. The summed E-state index contributed by atoms with van der Waals surface area (Å²) in [5.74, 6) is 3.65. The van der Waals surface area contributed by atoms with Gasteiger partial charge in [-0.15, -0.1) is 0 Å². The minimum absolute atomic E-state index is 0.655. The van der Waals surface area contributed by atoms with E-state index in [1.807, 2.05) is 12.1 Å². The average molecular weight is 433 g/mol. The van der Waals surface area contributed by atoms with Gasteiger partial charge in [0.05, 0.1) is 0 Å². The van der Waals surface area contributed by atoms with Crippen molar-refractivity contribution in [3.8, 4) is 0 Å². The van der Waals surface area contributed by atoms with E-state index in [0.29, 0.717) is 5.92 Å². The lowest BCUT2D eigenvalue weighted by Crippen LogP contribution is -2.25. The predicted molar refractivity (Wildman–Crippen MR) is 139 cm³/mol. The quantitative estimate of drug-likeness (QED) is 0.327. The molecular formula is C30H44N2. The van der Waals surface area contributed by atoms with Crippen LogP contribution in [-0.4, -0.2) is 0 Å². The van der Waals surface area contributed by atoms with Crippen molar-refractivity contribution in [2.75, 3.05) is 11.5 Å². The van der Waals surface area contributed by atoms with E-state index in [-0.39, 0.29) is 0 Å². The SMILES string of the molecule is CCCCCC1CCC(C2CCC(c3ccc(Cc4ccc(N)cc4)cc3N)CC2)CC1. The summed E-state index contributed by atoms with van der Waals surface area (Å²) in [7, 11) is 0. The summed E-state index contributed by atoms with van der Waals surface area (Å²) in [5, 5.41) is 0. The second-order valence-corrected chi connectivity index (χ2v) is 10.8. The Bertz CT molecular complexity index is 824. The molecular weight excluding hydrogens is 388 g/mol. The molecule has 2 aromatic carbocycles. The molecule has 2 aliphatic rings. The molecule has 0 atom stereocenters. The molecule has 0 spiro atoms. The second kappa shape index (κ2) is 11.3. The number of rotatable bonds is 8. The number of benzene rings is 2. The van der Waals surface area contributed by atoms with Crippen LogP contribution in [0.15, 0.2) is 42.5 Å². The highest BCUT2D eigenvalue weighted by molar-refractivity contribution is 5.52. The largest absolute Gasteiger partial charge is 0.399 e. The summed E-state index contributed by atoms with van der Waals surface area (Å²) in [6.45, 7) is 2.32. The molecule has 4 rings (SSSR count). The van der Waals surface area contributed by atoms with Crippen LogP contribution in [0, 0.1) is 17.8 Å². The zero-order chi connectivity index (χ0) is 22.3. The Labute approximate surface area is 196 Å². The fourth-order valence-electron chi connectivity index (χ4n) is 6.51. The zero-order valence-electron chi connectivity index (χ0n) is 20.2. The molecule has 32 heavy (non-hydrogen) atoms. The van der Waals surface area contributed by atoms with Crippen molar-refractivity contribution in [3.05, 3.63) is 59.2 Å². The Morgan fingerprint density at radius 2 is 1.34 bits per heavy atom. The molecule has 0 amide bonds. The lowest BCUT2D eigenvalue weighted by atomic mass is 9.68. The molecule has 2 heteroatoms. The Balaban J connectivity index is 1.25. The van der Waals surface area contributed by atoms with Gasteiger partial charge in [-0.1, -0.05) is 69.7 Å². The summed E-state index contributed by atoms with van der Waals surface area (Å²) >= 11 is 0. The van der Waals surface area contributed by atoms with Crippen molar-refractivity contribution in [1.29, 1.82) is 0 Å². The molecule has 2 fully saturated rings. The van der Waals surface area contributed by atoms with E-state index in [1.54, 1.807) is 0 Å². The van der Waals surface area contributed by atoms with Crippen LogP contribution >= 0.6 is 0 Å². The van der Waals surface area contributed by atoms with Gasteiger partial charge in [0.2, 0.25) is 0 Å². The lowest BCUT2D eigenvalue weighted by molar-refractivity contribution is 0.156. The third-order valence-corrected chi connectivity index (χ3v) is 8.52. The topological polar surface area (TPSA) is 52.0 Å². The Morgan fingerprint density at radius 3 is 1.97 bits per heavy atom. The summed E-state index contributed by atoms with van der Waals surface area (Å²) < 4.78 is 0. The van der Waals surface area contributed by atoms with E-state index < -0.39 is 0 Å². The first-order valence-electron chi connectivity index (χ1n) is 13.3. The van der Waals surface area contributed by atoms with Crippen molar-refractivity contribution >= 4 is 11.4 Å². The minimum atomic E-state index is 0.655. The number of hydrogen-bond acceptors (Lipinski definition) is 2. The molecule has 4 N–H and O–H groups in total. The van der Waals surface area contributed by atoms with Gasteiger partial charge in [-0.2, -0.15) is 0 Å². The molecule has 2 saturated carbocycles. The average Bonchev–Trinajstić information content (AvgIpc) is 2.82. The van der Waals surface area contributed by atoms with E-state index in [0.717, 1.165) is 35.5 Å². The van der Waals surface area contributed by atoms with E-state index >= 15 is 0 Å². The van der Waals surface area contributed by atoms with Crippen molar-refractivity contribution in [2.24, 2.45) is 17.8 Å². The van der Waals surface area contributed by atoms with Gasteiger partial charge in [0, 0.05) is 11.4 Å². The van der Waals surface area contributed by atoms with E-state index in [9.17, 15) is 0 Å². The summed E-state index contributed by atoms with van der Waals surface area (Å²) in [6.07, 6.45) is 18.1. The van der Waals surface area contributed by atoms with E-state index in [2.05, 4.69) is 37.3 Å². The van der Waals surface area contributed by atoms with Gasteiger partial charge in [0.15, 0.2) is 0 Å². The van der Waals surface area contributed by atoms with Crippen LogP contribution < -0.4 is 11.5 Å². The molecule has 2 aliphatic carbocycles. The van der Waals surface area contributed by atoms with Gasteiger partial charge in [-0.25, -0.2) is 0 Å². The highest BCUT2D eigenvalue weighted by Crippen LogP contribution is 2.45. The van der Waals surface area contributed by atoms with Gasteiger partial charge >= 0.3 is 0 Å². The van der Waals surface area contributed by atoms with Crippen LogP contribution in [0.1, 0.15) is 107 Å². The number of unbranched alkanes of at least 4 members (excludes halogenated alkanes) is 2. The predicted octanol–water partition coefficient (Wildman–Crippen LogP) is 8.10. The molecule has 0 unspecified atom stereocenters. The van der Waals surface area contributed by atoms with Crippen LogP contribution in [0.4, 0.5) is 11.4 Å². The van der Waals surface area contributed by atoms with Gasteiger partial charge in [0.1, 0.15) is 0 Å². The monoisotopic (exact) mass is 432 g/mol. The lowest BCUT2D eigenvalue weighted by Gasteiger charge is -2.38. The molecule has 0 heterocycles. The van der Waals surface area contributed by atoms with Gasteiger partial charge in [0.25, 0.3) is 0 Å². The van der Waals surface area contributed by atoms with Crippen molar-refractivity contribution in [2.45, 2.75) is 96.3 Å². The van der Waals surface area contributed by atoms with Crippen molar-refractivity contribution in [1.82, 2.24) is 0 Å². The summed E-state index contributed by atoms with van der Waals surface area (Å²) in [4.78, 5) is 0. The maximum Gasteiger partial charge on any atom is 0.0352 e. The molecule has 0 bridgehead atoms. The van der Waals surface area contributed by atoms with Gasteiger partial charge in [-0.3, -0.25) is 0 Å². The standard InChI is InChI=1S/C30H44N2/c1-2-3-4-5-22-6-11-25(12-7-22)26-13-15-27(16-14-26)29-19-10-24(21-30(29)32)20-23-8-17-28(31)18-9-23/h8-10,17-19,21-22,25-27H,2-7,11-16,20,31-32H2,1H3. The van der Waals surface area contributed by atoms with E-state index in [1.165, 1.54) is 93.7 Å². The first kappa shape index (κ1) is 23.2. The fourth-order valence-corrected chi connectivity index (χ4v) is 6.51. The first-order valence-corrected chi connectivity index (χ1v) is 13.3. The molecule has 2 aromatic rings. The van der Waals surface area contributed by atoms with Crippen LogP contribution in [0.25, 0.3) is 0 Å². The molecule has 174 valence electrons. The highest BCUT2D eigenvalue weighted by Gasteiger charge is 2.31. The first-order chi connectivity index (χ1) is 15.6. The van der Waals surface area contributed by atoms with Crippen molar-refractivity contribution < 1.29 is 0 Å². The molecule has 0 aliphatic heterocycles. The maximum absolute atomic E-state index is 6.55. The number of nitrogens with two attached hydrogens (primary N) is 2. The number of hydrogen-bond donors (Lipinski definition) is 2. The van der Waals surface area contributed by atoms with Gasteiger partial charge < -0.3 is 11.5 Å². The second-order valence-electron chi connectivity index (χ2n) is 10.8. The van der Waals surface area contributed by atoms with Crippen LogP contribution in [-0.2, 0) is 6.42 Å². The Morgan fingerprint density at radius 1 is 0.719 bits per heavy atom. The number of anilines is 2. The summed E-state index contributed by atoms with van der Waals surface area (Å²) in [6, 6.07) is 15.0. The van der Waals surface area contributed by atoms with Crippen LogP contribution in [0.3, 0.4) is 0 Å². The maximum atomic E-state index is 6.55. The van der Waals surface area contributed by atoms with Crippen LogP contribution in [0.2, 0.25) is 0 Å². The number of nitrogen functional groups attached to an aromatic ring is 2. The molecule has 0 aromatic heterocycles. The smallest absolute Gasteiger partial charge is 0.0352 e. The summed E-state index contributed by atoms with van der Waals surface area (Å²) in [5.41, 5.74) is 18.1. The third kappa shape index (κ3) is 6.09. The minimum Gasteiger partial charge on any atom is -0.399 e. The van der Waals surface area contributed by atoms with E-state index in [4.69, 9.17) is 11.5 Å².